The average Bonchev–Trinajstić information content (AvgIpc) is 1.80. The molecule has 0 aliphatic heterocycles. The summed E-state index contributed by atoms with van der Waals surface area (Å²) >= 11 is 1.25. The molecule has 50 valence electrons. The van der Waals surface area contributed by atoms with Crippen LogP contribution in [0.5, 0.6) is 0 Å². The molecule has 0 N–H and O–H groups in total. The van der Waals surface area contributed by atoms with Gasteiger partial charge in [-0.2, -0.15) is 0 Å². The third kappa shape index (κ3) is 7.38. The number of hydrogen-bond acceptors (Lipinski definition) is 4. The predicted molar refractivity (Wildman–Crippen MR) is 37.9 cm³/mol. The van der Waals surface area contributed by atoms with Crippen LogP contribution in [-0.4, -0.2) is 13.8 Å². The SMILES string of the molecule is O=S=CSC=C[N+](=O)[O-]. The van der Waals surface area contributed by atoms with Crippen molar-refractivity contribution in [1.82, 2.24) is 0 Å². The van der Waals surface area contributed by atoms with Crippen LogP contribution in [0.25, 0.3) is 0 Å². The minimum absolute atomic E-state index is 0.267. The van der Waals surface area contributed by atoms with Crippen molar-refractivity contribution in [1.29, 1.82) is 0 Å². The summed E-state index contributed by atoms with van der Waals surface area (Å²) in [6.07, 6.45) is 0.775. The number of nitro groups is 1. The molecule has 0 aromatic carbocycles. The van der Waals surface area contributed by atoms with Gasteiger partial charge in [-0.1, -0.05) is 11.8 Å². The average molecular weight is 165 g/mol. The first-order chi connectivity index (χ1) is 4.27. The monoisotopic (exact) mass is 165 g/mol. The Morgan fingerprint density at radius 2 is 2.22 bits per heavy atom. The van der Waals surface area contributed by atoms with Crippen molar-refractivity contribution < 1.29 is 9.13 Å². The van der Waals surface area contributed by atoms with E-state index in [0.29, 0.717) is 0 Å². The van der Waals surface area contributed by atoms with Crippen LogP contribution < -0.4 is 0 Å². The Morgan fingerprint density at radius 3 is 2.67 bits per heavy atom. The molecule has 0 aliphatic carbocycles. The van der Waals surface area contributed by atoms with Gasteiger partial charge < -0.3 is 0 Å². The molecule has 0 aromatic rings. The zero-order valence-electron chi connectivity index (χ0n) is 4.22. The van der Waals surface area contributed by atoms with E-state index in [-0.39, 0.29) is 11.3 Å². The molecule has 0 atom stereocenters. The number of nitrogens with zero attached hydrogens (tertiary/aromatic N) is 1. The van der Waals surface area contributed by atoms with Crippen molar-refractivity contribution in [3.8, 4) is 0 Å². The highest BCUT2D eigenvalue weighted by Crippen LogP contribution is 1.93. The summed E-state index contributed by atoms with van der Waals surface area (Å²) in [6, 6.07) is 0. The van der Waals surface area contributed by atoms with Crippen molar-refractivity contribution in [2.45, 2.75) is 0 Å². The van der Waals surface area contributed by atoms with E-state index < -0.39 is 4.92 Å². The molecule has 0 heterocycles. The van der Waals surface area contributed by atoms with Gasteiger partial charge in [0.2, 0.25) is 6.20 Å². The fraction of sp³-hybridized carbons (Fsp3) is 0. The summed E-state index contributed by atoms with van der Waals surface area (Å²) in [5.74, 6) is 0. The van der Waals surface area contributed by atoms with Gasteiger partial charge in [0.25, 0.3) is 0 Å². The van der Waals surface area contributed by atoms with Gasteiger partial charge in [0.1, 0.15) is 0 Å². The highest BCUT2D eigenvalue weighted by molar-refractivity contribution is 8.20. The largest absolute Gasteiger partial charge is 0.259 e. The lowest BCUT2D eigenvalue weighted by Gasteiger charge is -1.73. The van der Waals surface area contributed by atoms with E-state index in [1.54, 1.807) is 0 Å². The van der Waals surface area contributed by atoms with Crippen molar-refractivity contribution in [3.63, 3.8) is 0 Å². The fourth-order valence-electron chi connectivity index (χ4n) is 0.140. The van der Waals surface area contributed by atoms with Crippen LogP contribution in [0.1, 0.15) is 0 Å². The minimum atomic E-state index is -0.587. The molecule has 0 spiro atoms. The summed E-state index contributed by atoms with van der Waals surface area (Å²) in [7, 11) is 0. The van der Waals surface area contributed by atoms with Gasteiger partial charge in [-0.3, -0.25) is 10.1 Å². The van der Waals surface area contributed by atoms with Gasteiger partial charge in [0, 0.05) is 5.41 Å². The Labute approximate surface area is 59.2 Å². The van der Waals surface area contributed by atoms with Gasteiger partial charge in [-0.05, 0) is 0 Å². The predicted octanol–water partition coefficient (Wildman–Crippen LogP) is 0.440. The molecule has 0 radical (unpaired) electrons. The standard InChI is InChI=1S/C3H3NO3S2/c5-4(6)1-2-8-3-9-7/h1-3H. The lowest BCUT2D eigenvalue weighted by molar-refractivity contribution is -0.402. The normalized spacial score (nSPS) is 9.33. The van der Waals surface area contributed by atoms with E-state index in [0.717, 1.165) is 18.0 Å². The molecular formula is C3H3NO3S2. The van der Waals surface area contributed by atoms with Crippen LogP contribution in [0.2, 0.25) is 0 Å². The van der Waals surface area contributed by atoms with Gasteiger partial charge in [0.15, 0.2) is 0 Å². The van der Waals surface area contributed by atoms with Gasteiger partial charge in [-0.25, -0.2) is 4.21 Å². The second kappa shape index (κ2) is 5.52. The Morgan fingerprint density at radius 1 is 1.56 bits per heavy atom. The second-order valence-corrected chi connectivity index (χ2v) is 2.41. The number of thioether (sulfide) groups is 1. The molecule has 0 unspecified atom stereocenters. The first-order valence-electron chi connectivity index (χ1n) is 1.83. The zero-order chi connectivity index (χ0) is 7.11. The summed E-state index contributed by atoms with van der Waals surface area (Å²) in [4.78, 5) is 8.98. The summed E-state index contributed by atoms with van der Waals surface area (Å²) < 4.78 is 10.9. The molecule has 0 aromatic heterocycles. The summed E-state index contributed by atoms with van der Waals surface area (Å²) in [6.45, 7) is 0. The molecule has 4 nitrogen and oxygen atoms in total. The van der Waals surface area contributed by atoms with E-state index in [1.807, 2.05) is 0 Å². The topological polar surface area (TPSA) is 60.2 Å². The highest BCUT2D eigenvalue weighted by Gasteiger charge is 1.80. The summed E-state index contributed by atoms with van der Waals surface area (Å²) in [5, 5.41) is 10.8. The van der Waals surface area contributed by atoms with Gasteiger partial charge in [-0.15, -0.1) is 0 Å². The molecule has 6 heteroatoms. The van der Waals surface area contributed by atoms with Crippen molar-refractivity contribution in [2.24, 2.45) is 0 Å². The number of hydrogen-bond donors (Lipinski definition) is 0. The van der Waals surface area contributed by atoms with E-state index in [1.165, 1.54) is 10.1 Å². The molecule has 9 heavy (non-hydrogen) atoms. The van der Waals surface area contributed by atoms with Crippen LogP contribution in [-0.2, 0) is 11.3 Å². The lowest BCUT2D eigenvalue weighted by atomic mass is 11.1. The Bertz CT molecular complexity index is 172. The van der Waals surface area contributed by atoms with Crippen LogP contribution in [0, 0.1) is 10.1 Å². The van der Waals surface area contributed by atoms with Crippen LogP contribution >= 0.6 is 11.8 Å². The molecular weight excluding hydrogens is 162 g/mol. The molecule has 0 saturated heterocycles. The van der Waals surface area contributed by atoms with Crippen LogP contribution in [0.15, 0.2) is 11.6 Å². The number of rotatable bonds is 3. The maximum atomic E-state index is 9.61. The van der Waals surface area contributed by atoms with Crippen LogP contribution in [0.3, 0.4) is 0 Å². The Balaban J connectivity index is 3.48. The third-order valence-electron chi connectivity index (χ3n) is 0.356. The smallest absolute Gasteiger partial charge is 0.241 e. The van der Waals surface area contributed by atoms with Crippen molar-refractivity contribution in [3.05, 3.63) is 21.7 Å². The molecule has 0 aliphatic rings. The van der Waals surface area contributed by atoms with Crippen molar-refractivity contribution in [2.75, 3.05) is 0 Å². The summed E-state index contributed by atoms with van der Waals surface area (Å²) in [5.41, 5.74) is 0. The fourth-order valence-corrected chi connectivity index (χ4v) is 0.747. The zero-order valence-corrected chi connectivity index (χ0v) is 5.85. The first-order valence-corrected chi connectivity index (χ1v) is 3.58. The highest BCUT2D eigenvalue weighted by atomic mass is 32.2. The molecule has 0 rings (SSSR count). The third-order valence-corrected chi connectivity index (χ3v) is 1.39. The van der Waals surface area contributed by atoms with E-state index >= 15 is 0 Å². The maximum absolute atomic E-state index is 9.61. The molecule has 0 amide bonds. The van der Waals surface area contributed by atoms with Gasteiger partial charge in [0.05, 0.1) is 20.9 Å². The Hall–Kier alpha value is -0.620. The van der Waals surface area contributed by atoms with E-state index in [2.05, 4.69) is 0 Å². The first kappa shape index (κ1) is 8.38. The molecule has 0 bridgehead atoms. The maximum Gasteiger partial charge on any atom is 0.241 e. The van der Waals surface area contributed by atoms with E-state index in [4.69, 9.17) is 0 Å². The van der Waals surface area contributed by atoms with Gasteiger partial charge >= 0.3 is 0 Å². The van der Waals surface area contributed by atoms with E-state index in [9.17, 15) is 14.3 Å². The second-order valence-electron chi connectivity index (χ2n) is 0.899. The molecule has 0 saturated carbocycles. The van der Waals surface area contributed by atoms with Crippen molar-refractivity contribution >= 4 is 27.7 Å². The quantitative estimate of drug-likeness (QED) is 0.346. The minimum Gasteiger partial charge on any atom is -0.259 e. The Kier molecular flexibility index (Phi) is 5.14. The lowest BCUT2D eigenvalue weighted by Crippen LogP contribution is -1.79. The van der Waals surface area contributed by atoms with Crippen LogP contribution in [0.4, 0.5) is 0 Å². The molecule has 0 fully saturated rings.